The van der Waals surface area contributed by atoms with Crippen molar-refractivity contribution in [1.82, 2.24) is 4.98 Å². The van der Waals surface area contributed by atoms with Crippen LogP contribution in [0.25, 0.3) is 10.9 Å². The van der Waals surface area contributed by atoms with E-state index in [2.05, 4.69) is 16.4 Å². The molecule has 11 heavy (non-hydrogen) atoms. The van der Waals surface area contributed by atoms with E-state index in [1.54, 1.807) is 12.1 Å². The number of hydrogen-bond donors (Lipinski definition) is 0. The molecule has 2 nitrogen and oxygen atoms in total. The van der Waals surface area contributed by atoms with Gasteiger partial charge < -0.3 is 0 Å². The van der Waals surface area contributed by atoms with Crippen LogP contribution in [0.1, 0.15) is 11.4 Å². The molecule has 0 bridgehead atoms. The van der Waals surface area contributed by atoms with E-state index in [1.807, 2.05) is 13.0 Å². The summed E-state index contributed by atoms with van der Waals surface area (Å²) in [6.07, 6.45) is 1.60. The van der Waals surface area contributed by atoms with Gasteiger partial charge >= 0.3 is 0 Å². The summed E-state index contributed by atoms with van der Waals surface area (Å²) in [7, 11) is 0. The topological polar surface area (TPSA) is 17.2 Å². The Morgan fingerprint density at radius 2 is 2.36 bits per heavy atom. The third kappa shape index (κ3) is 1.44. The Kier molecular flexibility index (Phi) is 2.03. The van der Waals surface area contributed by atoms with Crippen LogP contribution in [-0.2, 0) is 0 Å². The van der Waals surface area contributed by atoms with Crippen LogP contribution >= 0.6 is 0 Å². The molecule has 1 aromatic heterocycles. The number of pyridine rings is 1. The zero-order chi connectivity index (χ0) is 8.27. The van der Waals surface area contributed by atoms with Crippen molar-refractivity contribution in [2.24, 2.45) is 0 Å². The van der Waals surface area contributed by atoms with Crippen molar-refractivity contribution < 1.29 is 0 Å². The number of aromatic nitrogens is 1. The summed E-state index contributed by atoms with van der Waals surface area (Å²) in [5, 5.41) is 0. The number of hydrogen-bond acceptors (Lipinski definition) is 1. The lowest BCUT2D eigenvalue weighted by atomic mass is 10.2. The fourth-order valence-electron chi connectivity index (χ4n) is 0.814. The molecule has 54 valence electrons. The van der Waals surface area contributed by atoms with Crippen LogP contribution in [0.5, 0.6) is 0 Å². The molecular weight excluding hydrogens is 136 g/mol. The first-order valence-electron chi connectivity index (χ1n) is 3.25. The first-order valence-corrected chi connectivity index (χ1v) is 3.25. The van der Waals surface area contributed by atoms with E-state index in [0.717, 1.165) is 5.69 Å². The molecular formula is C9H8N2. The lowest BCUT2D eigenvalue weighted by Gasteiger charge is -1.96. The second kappa shape index (κ2) is 2.98. The second-order valence-corrected chi connectivity index (χ2v) is 2.17. The van der Waals surface area contributed by atoms with Crippen LogP contribution in [0.4, 0.5) is 5.69 Å². The average molecular weight is 144 g/mol. The molecule has 0 amide bonds. The largest absolute Gasteiger partial charge is 0.265 e. The molecule has 1 heterocycles. The maximum atomic E-state index is 6.80. The molecule has 0 aliphatic heterocycles. The molecule has 0 fully saturated rings. The Bertz CT molecular complexity index is 321. The molecule has 0 atom stereocenters. The smallest absolute Gasteiger partial charge is 0.212 e. The molecule has 0 spiro atoms. The van der Waals surface area contributed by atoms with E-state index in [-0.39, 0.29) is 0 Å². The van der Waals surface area contributed by atoms with Gasteiger partial charge in [0.15, 0.2) is 0 Å². The maximum Gasteiger partial charge on any atom is 0.212 e. The highest BCUT2D eigenvalue weighted by atomic mass is 14.8. The zero-order valence-electron chi connectivity index (χ0n) is 6.33. The number of rotatable bonds is 1. The fraction of sp³-hybridized carbons (Fsp3) is 0.111. The molecule has 1 rings (SSSR count). The van der Waals surface area contributed by atoms with Gasteiger partial charge in [-0.1, -0.05) is 24.8 Å². The van der Waals surface area contributed by atoms with E-state index < -0.39 is 0 Å². The second-order valence-electron chi connectivity index (χ2n) is 2.17. The summed E-state index contributed by atoms with van der Waals surface area (Å²) >= 11 is 0. The van der Waals surface area contributed by atoms with Gasteiger partial charge in [-0.3, -0.25) is 4.98 Å². The summed E-state index contributed by atoms with van der Waals surface area (Å²) in [6, 6.07) is 3.58. The van der Waals surface area contributed by atoms with Gasteiger partial charge in [0.25, 0.3) is 0 Å². The third-order valence-corrected chi connectivity index (χ3v) is 1.36. The van der Waals surface area contributed by atoms with E-state index in [0.29, 0.717) is 11.4 Å². The van der Waals surface area contributed by atoms with Crippen molar-refractivity contribution >= 4 is 11.8 Å². The van der Waals surface area contributed by atoms with Gasteiger partial charge in [0.2, 0.25) is 5.69 Å². The van der Waals surface area contributed by atoms with Crippen LogP contribution in [0.2, 0.25) is 0 Å². The van der Waals surface area contributed by atoms with E-state index >= 15 is 0 Å². The summed E-state index contributed by atoms with van der Waals surface area (Å²) in [5.74, 6) is 0. The molecule has 0 aliphatic rings. The van der Waals surface area contributed by atoms with Gasteiger partial charge in [-0.05, 0) is 6.92 Å². The lowest BCUT2D eigenvalue weighted by Crippen LogP contribution is -1.83. The number of aryl methyl sites for hydroxylation is 1. The summed E-state index contributed by atoms with van der Waals surface area (Å²) in [5.41, 5.74) is 2.14. The summed E-state index contributed by atoms with van der Waals surface area (Å²) in [4.78, 5) is 7.43. The molecule has 2 heteroatoms. The van der Waals surface area contributed by atoms with Crippen LogP contribution in [0.3, 0.4) is 0 Å². The monoisotopic (exact) mass is 144 g/mol. The Hall–Kier alpha value is -1.62. The SMILES string of the molecule is [C-]#[N+]c1ccc(C)nc1C=C. The van der Waals surface area contributed by atoms with Crippen LogP contribution in [0, 0.1) is 13.5 Å². The first kappa shape index (κ1) is 7.49. The average Bonchev–Trinajstić information content (AvgIpc) is 2.04. The van der Waals surface area contributed by atoms with Crippen molar-refractivity contribution in [3.05, 3.63) is 41.5 Å². The Morgan fingerprint density at radius 3 is 2.91 bits per heavy atom. The Labute approximate surface area is 66.0 Å². The molecule has 0 unspecified atom stereocenters. The summed E-state index contributed by atoms with van der Waals surface area (Å²) < 4.78 is 0. The Balaban J connectivity index is 3.30. The minimum Gasteiger partial charge on any atom is -0.265 e. The summed E-state index contributed by atoms with van der Waals surface area (Å²) in [6.45, 7) is 12.3. The van der Waals surface area contributed by atoms with Crippen molar-refractivity contribution in [2.45, 2.75) is 6.92 Å². The first-order chi connectivity index (χ1) is 5.27. The Morgan fingerprint density at radius 1 is 1.64 bits per heavy atom. The lowest BCUT2D eigenvalue weighted by molar-refractivity contribution is 1.19. The molecule has 1 aromatic rings. The van der Waals surface area contributed by atoms with E-state index in [1.165, 1.54) is 0 Å². The van der Waals surface area contributed by atoms with Gasteiger partial charge in [0.05, 0.1) is 12.3 Å². The van der Waals surface area contributed by atoms with E-state index in [4.69, 9.17) is 6.57 Å². The van der Waals surface area contributed by atoms with Crippen LogP contribution in [0.15, 0.2) is 18.7 Å². The fourth-order valence-corrected chi connectivity index (χ4v) is 0.814. The molecule has 0 aromatic carbocycles. The van der Waals surface area contributed by atoms with Gasteiger partial charge in [0.1, 0.15) is 0 Å². The predicted octanol–water partition coefficient (Wildman–Crippen LogP) is 2.58. The molecule has 0 saturated heterocycles. The normalized spacial score (nSPS) is 8.73. The predicted molar refractivity (Wildman–Crippen MR) is 45.3 cm³/mol. The highest BCUT2D eigenvalue weighted by molar-refractivity contribution is 5.62. The van der Waals surface area contributed by atoms with Gasteiger partial charge in [0, 0.05) is 5.69 Å². The molecule has 0 N–H and O–H groups in total. The minimum absolute atomic E-state index is 0.561. The van der Waals surface area contributed by atoms with Gasteiger partial charge in [-0.2, -0.15) is 0 Å². The molecule has 0 saturated carbocycles. The van der Waals surface area contributed by atoms with Gasteiger partial charge in [-0.15, -0.1) is 0 Å². The van der Waals surface area contributed by atoms with Crippen molar-refractivity contribution in [2.75, 3.05) is 0 Å². The van der Waals surface area contributed by atoms with Crippen molar-refractivity contribution in [3.63, 3.8) is 0 Å². The van der Waals surface area contributed by atoms with Crippen LogP contribution < -0.4 is 0 Å². The van der Waals surface area contributed by atoms with Crippen molar-refractivity contribution in [1.29, 1.82) is 0 Å². The molecule has 0 aliphatic carbocycles. The standard InChI is InChI=1S/C9H8N2/c1-4-8-9(10-3)6-5-7(2)11-8/h4-6H,1H2,2H3. The van der Waals surface area contributed by atoms with E-state index in [9.17, 15) is 0 Å². The third-order valence-electron chi connectivity index (χ3n) is 1.36. The minimum atomic E-state index is 0.561. The van der Waals surface area contributed by atoms with Crippen molar-refractivity contribution in [3.8, 4) is 0 Å². The highest BCUT2D eigenvalue weighted by Gasteiger charge is 1.98. The number of nitrogens with zero attached hydrogens (tertiary/aromatic N) is 2. The maximum absolute atomic E-state index is 6.80. The highest BCUT2D eigenvalue weighted by Crippen LogP contribution is 2.17. The quantitative estimate of drug-likeness (QED) is 0.554. The van der Waals surface area contributed by atoms with Gasteiger partial charge in [-0.25, -0.2) is 4.85 Å². The zero-order valence-corrected chi connectivity index (χ0v) is 6.33. The molecule has 0 radical (unpaired) electrons. The van der Waals surface area contributed by atoms with Crippen LogP contribution in [-0.4, -0.2) is 4.98 Å².